The van der Waals surface area contributed by atoms with Gasteiger partial charge < -0.3 is 59.7 Å². The Bertz CT molecular complexity index is 2810. The van der Waals surface area contributed by atoms with E-state index in [1.54, 1.807) is 18.2 Å². The minimum absolute atomic E-state index is 0.0607. The maximum atomic E-state index is 14.8. The minimum Gasteiger partial charge on any atom is -0.491 e. The molecule has 5 aromatic rings. The van der Waals surface area contributed by atoms with Crippen LogP contribution in [0, 0.1) is 22.6 Å². The highest BCUT2D eigenvalue weighted by Gasteiger charge is 2.30. The van der Waals surface area contributed by atoms with Gasteiger partial charge in [-0.2, -0.15) is 18.1 Å². The zero-order valence-electron chi connectivity index (χ0n) is 46.5. The Balaban J connectivity index is 0.000000306. The fraction of sp³-hybridized carbons (Fsp3) is 0.483. The summed E-state index contributed by atoms with van der Waals surface area (Å²) in [6.45, 7) is 7.51. The number of aromatic nitrogens is 1. The molecular formula is C60H76F4N8O9. The first kappa shape index (κ1) is 62.9. The maximum absolute atomic E-state index is 14.8. The summed E-state index contributed by atoms with van der Waals surface area (Å²) in [5.41, 5.74) is 3.47. The smallest absolute Gasteiger partial charge is 0.406 e. The lowest BCUT2D eigenvalue weighted by molar-refractivity contribution is -0.140. The third kappa shape index (κ3) is 22.3. The number of nitrogens with one attached hydrogen (secondary N) is 5. The molecule has 0 bridgehead atoms. The summed E-state index contributed by atoms with van der Waals surface area (Å²) in [6.07, 6.45) is 3.12. The van der Waals surface area contributed by atoms with Crippen molar-refractivity contribution in [2.24, 2.45) is 5.18 Å². The summed E-state index contributed by atoms with van der Waals surface area (Å²) in [7, 11) is 2.09. The number of hydrogen-bond donors (Lipinski definition) is 5. The molecule has 1 aliphatic heterocycles. The highest BCUT2D eigenvalue weighted by Crippen LogP contribution is 2.34. The number of alkyl halides is 3. The number of amides is 3. The van der Waals surface area contributed by atoms with E-state index in [1.807, 2.05) is 67.6 Å². The number of fused-ring (bicyclic) bond motifs is 1. The molecule has 1 aromatic heterocycles. The average Bonchev–Trinajstić information content (AvgIpc) is 4.07. The fourth-order valence-corrected chi connectivity index (χ4v) is 9.20. The van der Waals surface area contributed by atoms with Gasteiger partial charge in [-0.1, -0.05) is 66.8 Å². The van der Waals surface area contributed by atoms with Crippen molar-refractivity contribution < 1.29 is 55.6 Å². The Labute approximate surface area is 471 Å². The minimum atomic E-state index is -4.39. The number of hydrogen-bond acceptors (Lipinski definition) is 13. The number of likely N-dealkylation sites (tertiary alicyclic amines) is 1. The van der Waals surface area contributed by atoms with Gasteiger partial charge in [0, 0.05) is 54.3 Å². The molecule has 4 aromatic carbocycles. The van der Waals surface area contributed by atoms with Crippen molar-refractivity contribution in [1.82, 2.24) is 20.1 Å². The maximum Gasteiger partial charge on any atom is 0.406 e. The first-order chi connectivity index (χ1) is 39.1. The van der Waals surface area contributed by atoms with E-state index in [0.29, 0.717) is 76.2 Å². The number of carbonyl (C=O) groups excluding carboxylic acids is 3. The molecule has 17 nitrogen and oxygen atoms in total. The van der Waals surface area contributed by atoms with Gasteiger partial charge in [0.25, 0.3) is 5.91 Å². The number of carbonyl (C=O) groups is 3. The van der Waals surface area contributed by atoms with E-state index in [2.05, 4.69) is 55.5 Å². The molecule has 3 amide bonds. The molecule has 0 spiro atoms. The van der Waals surface area contributed by atoms with Crippen LogP contribution in [0.4, 0.5) is 34.6 Å². The lowest BCUT2D eigenvalue weighted by Crippen LogP contribution is -2.36. The number of rotatable bonds is 28. The third-order valence-electron chi connectivity index (χ3n) is 13.4. The Morgan fingerprint density at radius 3 is 2.19 bits per heavy atom. The van der Waals surface area contributed by atoms with Crippen LogP contribution in [0.15, 0.2) is 96.2 Å². The van der Waals surface area contributed by atoms with Crippen LogP contribution in [-0.4, -0.2) is 131 Å². The Hall–Kier alpha value is -7.25. The van der Waals surface area contributed by atoms with E-state index in [-0.39, 0.29) is 66.5 Å². The standard InChI is InChI=1S/C37H49F3N6O6.C23H27FN2O3/c1-45-18-13-30(14-19-45)44-34-6-2-7-35-33(34)27-31(46(35)28-37(38,39)40)5-3-15-41-29-9-11-32(12-10-29)52-26-25-51-24-23-50-22-21-49-20-17-42-36(47)8-4-16-43-48;1-15(17-9-5-3-6-10-17)29-21-14-18(13-20(24)22(21)25-16(2)27)23(28)26-19-11-7-4-8-12-19/h2,6-7,9-12,27,30,41,44H,4,8,13-26,28H2,1H3,(H,42,47);3,5-6,9-10,13-15,19H,4,7-8,11-12H2,1-2H3,(H,25,27)(H,26,28). The molecule has 1 aliphatic carbocycles. The van der Waals surface area contributed by atoms with E-state index in [0.717, 1.165) is 80.0 Å². The van der Waals surface area contributed by atoms with Crippen LogP contribution in [0.3, 0.4) is 0 Å². The van der Waals surface area contributed by atoms with Gasteiger partial charge in [0.15, 0.2) is 5.82 Å². The van der Waals surface area contributed by atoms with Crippen LogP contribution >= 0.6 is 0 Å². The van der Waals surface area contributed by atoms with Crippen molar-refractivity contribution >= 4 is 45.7 Å². The molecule has 438 valence electrons. The predicted molar refractivity (Wildman–Crippen MR) is 305 cm³/mol. The number of anilines is 3. The van der Waals surface area contributed by atoms with Crippen molar-refractivity contribution in [3.8, 4) is 23.3 Å². The van der Waals surface area contributed by atoms with E-state index >= 15 is 0 Å². The first-order valence-electron chi connectivity index (χ1n) is 27.7. The molecule has 1 atom stereocenters. The van der Waals surface area contributed by atoms with Gasteiger partial charge in [0.05, 0.1) is 63.9 Å². The molecule has 2 aliphatic rings. The summed E-state index contributed by atoms with van der Waals surface area (Å²) in [5, 5.41) is 18.4. The normalized spacial score (nSPS) is 14.4. The van der Waals surface area contributed by atoms with Crippen LogP contribution in [0.25, 0.3) is 10.9 Å². The molecule has 1 unspecified atom stereocenters. The molecule has 2 heterocycles. The molecule has 5 N–H and O–H groups in total. The third-order valence-corrected chi connectivity index (χ3v) is 13.4. The monoisotopic (exact) mass is 1130 g/mol. The zero-order valence-corrected chi connectivity index (χ0v) is 46.5. The first-order valence-corrected chi connectivity index (χ1v) is 27.7. The summed E-state index contributed by atoms with van der Waals surface area (Å²) >= 11 is 0. The summed E-state index contributed by atoms with van der Waals surface area (Å²) in [5.74, 6) is 5.17. The van der Waals surface area contributed by atoms with Gasteiger partial charge in [-0.05, 0) is 125 Å². The highest BCUT2D eigenvalue weighted by molar-refractivity contribution is 5.97. The lowest BCUT2D eigenvalue weighted by Gasteiger charge is -2.30. The van der Waals surface area contributed by atoms with E-state index in [1.165, 1.54) is 24.0 Å². The van der Waals surface area contributed by atoms with Gasteiger partial charge in [0.2, 0.25) is 11.8 Å². The largest absolute Gasteiger partial charge is 0.491 e. The molecule has 0 radical (unpaired) electrons. The molecule has 21 heteroatoms. The Morgan fingerprint density at radius 1 is 0.815 bits per heavy atom. The van der Waals surface area contributed by atoms with Crippen LogP contribution in [0.1, 0.15) is 99.4 Å². The number of benzene rings is 4. The number of nitroso groups, excluding NO2 is 1. The highest BCUT2D eigenvalue weighted by atomic mass is 19.4. The molecule has 81 heavy (non-hydrogen) atoms. The van der Waals surface area contributed by atoms with Crippen LogP contribution < -0.4 is 36.1 Å². The Kier molecular flexibility index (Phi) is 26.0. The van der Waals surface area contributed by atoms with Crippen LogP contribution in [0.2, 0.25) is 0 Å². The summed E-state index contributed by atoms with van der Waals surface area (Å²) in [4.78, 5) is 48.0. The van der Waals surface area contributed by atoms with Gasteiger partial charge in [-0.25, -0.2) is 4.39 Å². The topological polar surface area (TPSA) is 195 Å². The molecule has 2 fully saturated rings. The van der Waals surface area contributed by atoms with Crippen molar-refractivity contribution in [2.45, 2.75) is 103 Å². The molecule has 1 saturated carbocycles. The quantitative estimate of drug-likeness (QED) is 0.0138. The van der Waals surface area contributed by atoms with Crippen LogP contribution in [0.5, 0.6) is 11.5 Å². The second-order valence-corrected chi connectivity index (χ2v) is 19.9. The number of piperidine rings is 1. The van der Waals surface area contributed by atoms with Crippen LogP contribution in [-0.2, 0) is 30.3 Å². The zero-order chi connectivity index (χ0) is 57.8. The number of halogens is 4. The van der Waals surface area contributed by atoms with Gasteiger partial charge >= 0.3 is 6.18 Å². The van der Waals surface area contributed by atoms with Crippen molar-refractivity contribution in [2.75, 3.05) is 102 Å². The molecule has 1 saturated heterocycles. The average molecular weight is 1130 g/mol. The van der Waals surface area contributed by atoms with Gasteiger partial charge in [0.1, 0.15) is 36.4 Å². The van der Waals surface area contributed by atoms with Crippen molar-refractivity contribution in [3.63, 3.8) is 0 Å². The van der Waals surface area contributed by atoms with E-state index in [4.69, 9.17) is 23.7 Å². The van der Waals surface area contributed by atoms with Gasteiger partial charge in [-0.3, -0.25) is 14.4 Å². The predicted octanol–water partition coefficient (Wildman–Crippen LogP) is 10.3. The summed E-state index contributed by atoms with van der Waals surface area (Å²) in [6, 6.07) is 27.0. The Morgan fingerprint density at radius 2 is 1.51 bits per heavy atom. The van der Waals surface area contributed by atoms with E-state index < -0.39 is 24.4 Å². The lowest BCUT2D eigenvalue weighted by atomic mass is 9.95. The molecular weight excluding hydrogens is 1050 g/mol. The van der Waals surface area contributed by atoms with Gasteiger partial charge in [-0.15, -0.1) is 0 Å². The second kappa shape index (κ2) is 33.5. The second-order valence-electron chi connectivity index (χ2n) is 19.9. The molecule has 7 rings (SSSR count). The number of nitrogens with zero attached hydrogens (tertiary/aromatic N) is 3. The van der Waals surface area contributed by atoms with E-state index in [9.17, 15) is 36.9 Å². The van der Waals surface area contributed by atoms with Crippen molar-refractivity contribution in [1.29, 1.82) is 0 Å². The SMILES string of the molecule is CC(=O)Nc1c(F)cc(C(=O)NC2CCCCC2)cc1OC(C)c1ccccc1.CN1CCC(Nc2cccc3c2cc(C#CCNc2ccc(OCCOCCOCCOCCNC(=O)CCCN=O)cc2)n3CC(F)(F)F)CC1. The van der Waals surface area contributed by atoms with Crippen molar-refractivity contribution in [3.05, 3.63) is 119 Å². The number of ether oxygens (including phenoxy) is 5. The fourth-order valence-electron chi connectivity index (χ4n) is 9.20. The summed E-state index contributed by atoms with van der Waals surface area (Å²) < 4.78 is 84.9.